The van der Waals surface area contributed by atoms with Crippen molar-refractivity contribution >= 4 is 28.8 Å². The number of carbonyl (C=O) groups excluding carboxylic acids is 2. The minimum Gasteiger partial charge on any atom is -0.354 e. The molecular weight excluding hydrogens is 322 g/mol. The third-order valence-electron chi connectivity index (χ3n) is 3.68. The van der Waals surface area contributed by atoms with Crippen molar-refractivity contribution in [2.45, 2.75) is 19.4 Å². The maximum Gasteiger partial charge on any atom is 0.224 e. The molecule has 0 aliphatic carbocycles. The van der Waals surface area contributed by atoms with Gasteiger partial charge in [-0.3, -0.25) is 9.59 Å². The molecule has 0 radical (unpaired) electrons. The number of carbonyl (C=O) groups is 2. The van der Waals surface area contributed by atoms with Crippen LogP contribution < -0.4 is 10.6 Å². The van der Waals surface area contributed by atoms with E-state index in [-0.39, 0.29) is 17.9 Å². The third kappa shape index (κ3) is 5.47. The zero-order valence-electron chi connectivity index (χ0n) is 14.2. The number of nitrogens with zero attached hydrogens (tertiary/aromatic N) is 1. The normalized spacial score (nSPS) is 12.0. The molecule has 1 heterocycles. The first-order chi connectivity index (χ1) is 11.5. The van der Waals surface area contributed by atoms with Gasteiger partial charge < -0.3 is 15.5 Å². The molecular formula is C18H23N3O2S. The van der Waals surface area contributed by atoms with Crippen molar-refractivity contribution in [1.29, 1.82) is 0 Å². The van der Waals surface area contributed by atoms with Crippen LogP contribution in [-0.2, 0) is 16.0 Å². The molecule has 1 aromatic heterocycles. The van der Waals surface area contributed by atoms with E-state index in [0.717, 1.165) is 11.3 Å². The van der Waals surface area contributed by atoms with Crippen LogP contribution in [0.3, 0.4) is 0 Å². The van der Waals surface area contributed by atoms with Crippen molar-refractivity contribution in [3.63, 3.8) is 0 Å². The molecule has 0 spiro atoms. The molecule has 0 aliphatic rings. The average molecular weight is 345 g/mol. The first-order valence-corrected chi connectivity index (χ1v) is 8.71. The second kappa shape index (κ2) is 8.61. The van der Waals surface area contributed by atoms with Crippen molar-refractivity contribution in [3.8, 4) is 0 Å². The van der Waals surface area contributed by atoms with Gasteiger partial charge >= 0.3 is 0 Å². The van der Waals surface area contributed by atoms with Crippen LogP contribution in [0.15, 0.2) is 41.1 Å². The molecule has 1 atom stereocenters. The van der Waals surface area contributed by atoms with E-state index in [4.69, 9.17) is 0 Å². The van der Waals surface area contributed by atoms with Gasteiger partial charge in [0.25, 0.3) is 0 Å². The van der Waals surface area contributed by atoms with Crippen molar-refractivity contribution in [3.05, 3.63) is 52.2 Å². The van der Waals surface area contributed by atoms with E-state index in [9.17, 15) is 9.59 Å². The Balaban J connectivity index is 1.87. The molecule has 0 bridgehead atoms. The first-order valence-electron chi connectivity index (χ1n) is 7.77. The van der Waals surface area contributed by atoms with Crippen molar-refractivity contribution < 1.29 is 9.59 Å². The molecule has 5 nitrogen and oxygen atoms in total. The SMILES string of the molecule is CC(=O)Nc1ccc(CC(=O)NCC(c2ccsc2)N(C)C)cc1. The number of hydrogen-bond acceptors (Lipinski definition) is 4. The standard InChI is InChI=1S/C18H23N3O2S/c1-13(22)20-16-6-4-14(5-7-16)10-18(23)19-11-17(21(2)3)15-8-9-24-12-15/h4-9,12,17H,10-11H2,1-3H3,(H,19,23)(H,20,22). The van der Waals surface area contributed by atoms with Crippen LogP contribution in [0.5, 0.6) is 0 Å². The quantitative estimate of drug-likeness (QED) is 0.811. The number of anilines is 1. The summed E-state index contributed by atoms with van der Waals surface area (Å²) in [5.74, 6) is -0.118. The van der Waals surface area contributed by atoms with E-state index >= 15 is 0 Å². The summed E-state index contributed by atoms with van der Waals surface area (Å²) in [6.45, 7) is 2.04. The highest BCUT2D eigenvalue weighted by molar-refractivity contribution is 7.07. The largest absolute Gasteiger partial charge is 0.354 e. The van der Waals surface area contributed by atoms with Crippen LogP contribution in [-0.4, -0.2) is 37.4 Å². The highest BCUT2D eigenvalue weighted by atomic mass is 32.1. The number of likely N-dealkylation sites (N-methyl/N-ethyl adjacent to an activating group) is 1. The second-order valence-corrected chi connectivity index (χ2v) is 6.68. The number of nitrogens with one attached hydrogen (secondary N) is 2. The number of thiophene rings is 1. The number of benzene rings is 1. The van der Waals surface area contributed by atoms with Crippen molar-refractivity contribution in [2.75, 3.05) is 26.0 Å². The molecule has 6 heteroatoms. The monoisotopic (exact) mass is 345 g/mol. The van der Waals surface area contributed by atoms with Crippen LogP contribution in [0.2, 0.25) is 0 Å². The fraction of sp³-hybridized carbons (Fsp3) is 0.333. The van der Waals surface area contributed by atoms with Gasteiger partial charge in [0, 0.05) is 19.2 Å². The molecule has 2 amide bonds. The lowest BCUT2D eigenvalue weighted by Gasteiger charge is -2.24. The third-order valence-corrected chi connectivity index (χ3v) is 4.38. The lowest BCUT2D eigenvalue weighted by atomic mass is 10.1. The summed E-state index contributed by atoms with van der Waals surface area (Å²) in [4.78, 5) is 25.3. The maximum absolute atomic E-state index is 12.2. The van der Waals surface area contributed by atoms with Gasteiger partial charge in [-0.15, -0.1) is 0 Å². The van der Waals surface area contributed by atoms with Crippen LogP contribution in [0.1, 0.15) is 24.1 Å². The Labute approximate surface area is 146 Å². The summed E-state index contributed by atoms with van der Waals surface area (Å²) in [5.41, 5.74) is 2.86. The van der Waals surface area contributed by atoms with Crippen molar-refractivity contribution in [1.82, 2.24) is 10.2 Å². The lowest BCUT2D eigenvalue weighted by molar-refractivity contribution is -0.120. The molecule has 128 valence electrons. The summed E-state index contributed by atoms with van der Waals surface area (Å²) in [5, 5.41) is 9.87. The van der Waals surface area contributed by atoms with Gasteiger partial charge in [0.15, 0.2) is 0 Å². The van der Waals surface area contributed by atoms with Gasteiger partial charge in [-0.05, 0) is 54.2 Å². The van der Waals surface area contributed by atoms with Gasteiger partial charge in [-0.25, -0.2) is 0 Å². The van der Waals surface area contributed by atoms with E-state index in [0.29, 0.717) is 13.0 Å². The predicted octanol–water partition coefficient (Wildman–Crippen LogP) is 2.67. The number of rotatable bonds is 7. The topological polar surface area (TPSA) is 61.4 Å². The molecule has 24 heavy (non-hydrogen) atoms. The van der Waals surface area contributed by atoms with E-state index in [1.54, 1.807) is 23.5 Å². The Morgan fingerprint density at radius 1 is 1.17 bits per heavy atom. The molecule has 2 aromatic rings. The zero-order chi connectivity index (χ0) is 17.5. The minimum atomic E-state index is -0.108. The molecule has 1 aromatic carbocycles. The zero-order valence-corrected chi connectivity index (χ0v) is 15.0. The Morgan fingerprint density at radius 3 is 2.42 bits per heavy atom. The molecule has 2 rings (SSSR count). The van der Waals surface area contributed by atoms with Gasteiger partial charge in [0.2, 0.25) is 11.8 Å². The first kappa shape index (κ1) is 18.2. The van der Waals surface area contributed by atoms with E-state index in [2.05, 4.69) is 27.0 Å². The Kier molecular flexibility index (Phi) is 6.52. The maximum atomic E-state index is 12.2. The summed E-state index contributed by atoms with van der Waals surface area (Å²) < 4.78 is 0. The van der Waals surface area contributed by atoms with E-state index in [1.165, 1.54) is 12.5 Å². The predicted molar refractivity (Wildman–Crippen MR) is 98.2 cm³/mol. The minimum absolute atomic E-state index is 0.00985. The fourth-order valence-corrected chi connectivity index (χ4v) is 3.14. The molecule has 0 aliphatic heterocycles. The van der Waals surface area contributed by atoms with Crippen LogP contribution in [0.4, 0.5) is 5.69 Å². The average Bonchev–Trinajstić information content (AvgIpc) is 3.02. The number of amides is 2. The molecule has 0 saturated heterocycles. The fourth-order valence-electron chi connectivity index (χ4n) is 2.43. The molecule has 0 fully saturated rings. The summed E-state index contributed by atoms with van der Waals surface area (Å²) >= 11 is 1.66. The number of hydrogen-bond donors (Lipinski definition) is 2. The summed E-state index contributed by atoms with van der Waals surface area (Å²) in [7, 11) is 4.02. The molecule has 0 saturated carbocycles. The Bertz CT molecular complexity index is 666. The Hall–Kier alpha value is -2.18. The second-order valence-electron chi connectivity index (χ2n) is 5.90. The van der Waals surface area contributed by atoms with E-state index < -0.39 is 0 Å². The van der Waals surface area contributed by atoms with Gasteiger partial charge in [-0.2, -0.15) is 11.3 Å². The Morgan fingerprint density at radius 2 is 1.88 bits per heavy atom. The molecule has 2 N–H and O–H groups in total. The lowest BCUT2D eigenvalue weighted by Crippen LogP contribution is -2.35. The highest BCUT2D eigenvalue weighted by Gasteiger charge is 2.15. The van der Waals surface area contributed by atoms with Gasteiger partial charge in [-0.1, -0.05) is 12.1 Å². The molecule has 1 unspecified atom stereocenters. The van der Waals surface area contributed by atoms with Crippen LogP contribution in [0.25, 0.3) is 0 Å². The van der Waals surface area contributed by atoms with Gasteiger partial charge in [0.1, 0.15) is 0 Å². The summed E-state index contributed by atoms with van der Waals surface area (Å²) in [6.07, 6.45) is 0.324. The van der Waals surface area contributed by atoms with Crippen LogP contribution in [0, 0.1) is 0 Å². The van der Waals surface area contributed by atoms with Crippen LogP contribution >= 0.6 is 11.3 Å². The van der Waals surface area contributed by atoms with Crippen molar-refractivity contribution in [2.24, 2.45) is 0 Å². The van der Waals surface area contributed by atoms with E-state index in [1.807, 2.05) is 31.6 Å². The summed E-state index contributed by atoms with van der Waals surface area (Å²) in [6, 6.07) is 9.57. The van der Waals surface area contributed by atoms with Gasteiger partial charge in [0.05, 0.1) is 12.5 Å². The smallest absolute Gasteiger partial charge is 0.224 e. The highest BCUT2D eigenvalue weighted by Crippen LogP contribution is 2.20.